The molecule has 1 atom stereocenters. The molecule has 0 aliphatic carbocycles. The van der Waals surface area contributed by atoms with Crippen LogP contribution in [0.2, 0.25) is 0 Å². The van der Waals surface area contributed by atoms with Crippen molar-refractivity contribution in [2.45, 2.75) is 32.1 Å². The fourth-order valence-corrected chi connectivity index (χ4v) is 3.61. The largest absolute Gasteiger partial charge is 0.383 e. The Kier molecular flexibility index (Phi) is 7.16. The number of nitrogens with one attached hydrogen (secondary N) is 1. The van der Waals surface area contributed by atoms with E-state index in [2.05, 4.69) is 39.1 Å². The summed E-state index contributed by atoms with van der Waals surface area (Å²) in [7, 11) is 3.69. The first-order chi connectivity index (χ1) is 11.2. The Morgan fingerprint density at radius 3 is 2.96 bits per heavy atom. The number of methoxy groups -OCH3 is 1. The molecule has 2 heterocycles. The summed E-state index contributed by atoms with van der Waals surface area (Å²) in [4.78, 5) is 7.13. The lowest BCUT2D eigenvalue weighted by Gasteiger charge is -2.34. The summed E-state index contributed by atoms with van der Waals surface area (Å²) >= 11 is 2.06. The average Bonchev–Trinajstić information content (AvgIpc) is 2.90. The molecule has 1 aliphatic rings. The molecule has 1 aromatic rings. The third kappa shape index (κ3) is 5.10. The molecule has 23 heavy (non-hydrogen) atoms. The zero-order valence-electron chi connectivity index (χ0n) is 14.6. The number of aryl methyl sites for hydroxylation is 1. The number of hydrogen-bond acceptors (Lipinski definition) is 5. The molecule has 0 spiro atoms. The van der Waals surface area contributed by atoms with Gasteiger partial charge in [0.25, 0.3) is 0 Å². The monoisotopic (exact) mass is 340 g/mol. The second-order valence-electron chi connectivity index (χ2n) is 5.63. The van der Waals surface area contributed by atoms with Crippen LogP contribution < -0.4 is 5.32 Å². The minimum Gasteiger partial charge on any atom is -0.383 e. The molecular formula is C15H28N6OS. The number of aromatic nitrogens is 3. The first-order valence-electron chi connectivity index (χ1n) is 8.14. The number of ether oxygens (including phenoxy) is 1. The molecule has 0 radical (unpaired) electrons. The molecule has 2 rings (SSSR count). The molecule has 0 aromatic carbocycles. The standard InChI is InChI=1S/C15H28N6OS/c1-5-13-11-21(7-9-23-13)15(16-6-8-22-4)17-10-14-19-18-12(2)20(14)3/h13H,5-11H2,1-4H3,(H,16,17). The topological polar surface area (TPSA) is 67.6 Å². The van der Waals surface area contributed by atoms with Gasteiger partial charge in [0.15, 0.2) is 11.8 Å². The van der Waals surface area contributed by atoms with Crippen LogP contribution in [0, 0.1) is 6.92 Å². The summed E-state index contributed by atoms with van der Waals surface area (Å²) in [6, 6.07) is 0. The summed E-state index contributed by atoms with van der Waals surface area (Å²) in [5.41, 5.74) is 0. The quantitative estimate of drug-likeness (QED) is 0.474. The molecule has 1 aromatic heterocycles. The predicted molar refractivity (Wildman–Crippen MR) is 94.9 cm³/mol. The van der Waals surface area contributed by atoms with Gasteiger partial charge in [-0.25, -0.2) is 4.99 Å². The molecule has 1 saturated heterocycles. The maximum absolute atomic E-state index is 5.14. The highest BCUT2D eigenvalue weighted by Crippen LogP contribution is 2.21. The Morgan fingerprint density at radius 2 is 2.30 bits per heavy atom. The van der Waals surface area contributed by atoms with E-state index in [4.69, 9.17) is 9.73 Å². The van der Waals surface area contributed by atoms with Crippen LogP contribution in [-0.4, -0.2) is 70.0 Å². The molecule has 0 saturated carbocycles. The van der Waals surface area contributed by atoms with E-state index in [1.54, 1.807) is 7.11 Å². The molecule has 8 heteroatoms. The Labute approximate surface area is 142 Å². The Bertz CT molecular complexity index is 518. The Morgan fingerprint density at radius 1 is 1.48 bits per heavy atom. The maximum Gasteiger partial charge on any atom is 0.194 e. The lowest BCUT2D eigenvalue weighted by molar-refractivity contribution is 0.202. The van der Waals surface area contributed by atoms with Gasteiger partial charge in [0, 0.05) is 44.8 Å². The van der Waals surface area contributed by atoms with Gasteiger partial charge in [0.05, 0.1) is 6.61 Å². The fourth-order valence-electron chi connectivity index (χ4n) is 2.43. The van der Waals surface area contributed by atoms with Gasteiger partial charge in [-0.1, -0.05) is 6.92 Å². The van der Waals surface area contributed by atoms with Gasteiger partial charge in [-0.05, 0) is 13.3 Å². The minimum absolute atomic E-state index is 0.535. The van der Waals surface area contributed by atoms with Crippen LogP contribution in [0.5, 0.6) is 0 Å². The molecule has 1 unspecified atom stereocenters. The molecule has 0 amide bonds. The van der Waals surface area contributed by atoms with Crippen molar-refractivity contribution in [1.82, 2.24) is 25.0 Å². The van der Waals surface area contributed by atoms with Crippen molar-refractivity contribution in [2.24, 2.45) is 12.0 Å². The highest BCUT2D eigenvalue weighted by atomic mass is 32.2. The summed E-state index contributed by atoms with van der Waals surface area (Å²) < 4.78 is 7.12. The second-order valence-corrected chi connectivity index (χ2v) is 7.04. The minimum atomic E-state index is 0.535. The van der Waals surface area contributed by atoms with Gasteiger partial charge < -0.3 is 19.5 Å². The first-order valence-corrected chi connectivity index (χ1v) is 9.19. The average molecular weight is 340 g/mol. The van der Waals surface area contributed by atoms with E-state index in [1.165, 1.54) is 6.42 Å². The number of aliphatic imine (C=N–C) groups is 1. The van der Waals surface area contributed by atoms with Crippen molar-refractivity contribution >= 4 is 17.7 Å². The van der Waals surface area contributed by atoms with E-state index in [1.807, 2.05) is 18.5 Å². The lowest BCUT2D eigenvalue weighted by Crippen LogP contribution is -2.48. The van der Waals surface area contributed by atoms with Crippen LogP contribution in [0.4, 0.5) is 0 Å². The highest BCUT2D eigenvalue weighted by Gasteiger charge is 2.21. The van der Waals surface area contributed by atoms with Gasteiger partial charge in [-0.15, -0.1) is 10.2 Å². The van der Waals surface area contributed by atoms with Gasteiger partial charge in [-0.2, -0.15) is 11.8 Å². The zero-order chi connectivity index (χ0) is 16.7. The molecule has 1 fully saturated rings. The summed E-state index contributed by atoms with van der Waals surface area (Å²) in [5, 5.41) is 12.4. The van der Waals surface area contributed by atoms with E-state index in [9.17, 15) is 0 Å². The van der Waals surface area contributed by atoms with Crippen molar-refractivity contribution in [3.63, 3.8) is 0 Å². The van der Waals surface area contributed by atoms with E-state index in [-0.39, 0.29) is 0 Å². The first kappa shape index (κ1) is 18.1. The van der Waals surface area contributed by atoms with Crippen LogP contribution >= 0.6 is 11.8 Å². The van der Waals surface area contributed by atoms with Crippen molar-refractivity contribution < 1.29 is 4.74 Å². The highest BCUT2D eigenvalue weighted by molar-refractivity contribution is 8.00. The van der Waals surface area contributed by atoms with Gasteiger partial charge in [0.2, 0.25) is 0 Å². The molecule has 7 nitrogen and oxygen atoms in total. The van der Waals surface area contributed by atoms with Crippen molar-refractivity contribution in [1.29, 1.82) is 0 Å². The normalized spacial score (nSPS) is 19.2. The van der Waals surface area contributed by atoms with Crippen molar-refractivity contribution in [2.75, 3.05) is 39.1 Å². The summed E-state index contributed by atoms with van der Waals surface area (Å²) in [5.74, 6) is 3.88. The third-order valence-corrected chi connectivity index (χ3v) is 5.41. The smallest absolute Gasteiger partial charge is 0.194 e. The van der Waals surface area contributed by atoms with Crippen LogP contribution in [0.1, 0.15) is 25.0 Å². The van der Waals surface area contributed by atoms with Crippen LogP contribution in [-0.2, 0) is 18.3 Å². The summed E-state index contributed by atoms with van der Waals surface area (Å²) in [6.45, 7) is 8.22. The number of guanidine groups is 1. The van der Waals surface area contributed by atoms with E-state index >= 15 is 0 Å². The van der Waals surface area contributed by atoms with Crippen molar-refractivity contribution in [3.8, 4) is 0 Å². The third-order valence-electron chi connectivity index (χ3n) is 4.04. The maximum atomic E-state index is 5.14. The Balaban J connectivity index is 2.06. The number of nitrogens with zero attached hydrogens (tertiary/aromatic N) is 5. The molecule has 1 aliphatic heterocycles. The zero-order valence-corrected chi connectivity index (χ0v) is 15.4. The van der Waals surface area contributed by atoms with Crippen LogP contribution in [0.3, 0.4) is 0 Å². The van der Waals surface area contributed by atoms with E-state index in [0.29, 0.717) is 18.4 Å². The van der Waals surface area contributed by atoms with Crippen LogP contribution in [0.25, 0.3) is 0 Å². The Hall–Kier alpha value is -1.28. The fraction of sp³-hybridized carbons (Fsp3) is 0.800. The van der Waals surface area contributed by atoms with E-state index < -0.39 is 0 Å². The van der Waals surface area contributed by atoms with E-state index in [0.717, 1.165) is 43.0 Å². The van der Waals surface area contributed by atoms with Crippen LogP contribution in [0.15, 0.2) is 4.99 Å². The molecular weight excluding hydrogens is 312 g/mol. The number of rotatable bonds is 6. The lowest BCUT2D eigenvalue weighted by atomic mass is 10.3. The SMILES string of the molecule is CCC1CN(C(=NCc2nnc(C)n2C)NCCOC)CCS1. The summed E-state index contributed by atoms with van der Waals surface area (Å²) in [6.07, 6.45) is 1.19. The number of hydrogen-bond donors (Lipinski definition) is 1. The predicted octanol–water partition coefficient (Wildman–Crippen LogP) is 1.04. The molecule has 1 N–H and O–H groups in total. The molecule has 130 valence electrons. The number of thioether (sulfide) groups is 1. The van der Waals surface area contributed by atoms with Gasteiger partial charge in [0.1, 0.15) is 12.4 Å². The molecule has 0 bridgehead atoms. The van der Waals surface area contributed by atoms with Crippen molar-refractivity contribution in [3.05, 3.63) is 11.6 Å². The second kappa shape index (κ2) is 9.12. The van der Waals surface area contributed by atoms with Gasteiger partial charge >= 0.3 is 0 Å². The van der Waals surface area contributed by atoms with Gasteiger partial charge in [-0.3, -0.25) is 0 Å².